The van der Waals surface area contributed by atoms with Crippen molar-refractivity contribution in [1.82, 2.24) is 0 Å². The van der Waals surface area contributed by atoms with E-state index in [1.807, 2.05) is 6.07 Å². The quantitative estimate of drug-likeness (QED) is 0.566. The Morgan fingerprint density at radius 1 is 0.667 bits per heavy atom. The molecule has 0 bridgehead atoms. The SMILES string of the molecule is Br.Br.Br.Br.Br.Oc1ccccc1. The maximum Gasteiger partial charge on any atom is 0.115 e. The third kappa shape index (κ3) is 14.0. The zero-order valence-electron chi connectivity index (χ0n) is 5.88. The Morgan fingerprint density at radius 3 is 1.17 bits per heavy atom. The van der Waals surface area contributed by atoms with E-state index in [4.69, 9.17) is 5.11 Å². The van der Waals surface area contributed by atoms with Gasteiger partial charge in [-0.25, -0.2) is 0 Å². The smallest absolute Gasteiger partial charge is 0.115 e. The molecule has 0 amide bonds. The van der Waals surface area contributed by atoms with E-state index in [0.717, 1.165) is 0 Å². The van der Waals surface area contributed by atoms with Crippen LogP contribution < -0.4 is 0 Å². The van der Waals surface area contributed by atoms with Gasteiger partial charge in [0.05, 0.1) is 0 Å². The Labute approximate surface area is 125 Å². The topological polar surface area (TPSA) is 20.2 Å². The van der Waals surface area contributed by atoms with E-state index in [-0.39, 0.29) is 84.9 Å². The minimum Gasteiger partial charge on any atom is -0.508 e. The maximum atomic E-state index is 8.63. The Hall–Kier alpha value is 1.42. The minimum atomic E-state index is 0. The third-order valence-corrected chi connectivity index (χ3v) is 0.756. The number of hydrogen-bond acceptors (Lipinski definition) is 1. The van der Waals surface area contributed by atoms with Crippen LogP contribution >= 0.6 is 84.9 Å². The normalized spacial score (nSPS) is 5.00. The molecule has 0 aliphatic carbocycles. The van der Waals surface area contributed by atoms with E-state index in [9.17, 15) is 0 Å². The Morgan fingerprint density at radius 2 is 1.00 bits per heavy atom. The number of para-hydroxylation sites is 1. The third-order valence-electron chi connectivity index (χ3n) is 0.756. The van der Waals surface area contributed by atoms with Crippen LogP contribution in [0.1, 0.15) is 0 Å². The zero-order valence-corrected chi connectivity index (χ0v) is 14.4. The van der Waals surface area contributed by atoms with Gasteiger partial charge in [0.1, 0.15) is 5.75 Å². The molecule has 1 nitrogen and oxygen atoms in total. The van der Waals surface area contributed by atoms with Crippen LogP contribution in [0.15, 0.2) is 30.3 Å². The first-order valence-corrected chi connectivity index (χ1v) is 2.13. The van der Waals surface area contributed by atoms with Crippen molar-refractivity contribution in [3.8, 4) is 5.75 Å². The predicted molar refractivity (Wildman–Crippen MR) is 79.7 cm³/mol. The minimum absolute atomic E-state index is 0. The monoisotopic (exact) mass is 494 g/mol. The zero-order chi connectivity index (χ0) is 5.11. The van der Waals surface area contributed by atoms with Crippen molar-refractivity contribution in [3.63, 3.8) is 0 Å². The number of hydrogen-bond donors (Lipinski definition) is 1. The maximum absolute atomic E-state index is 8.63. The van der Waals surface area contributed by atoms with Gasteiger partial charge >= 0.3 is 0 Å². The lowest BCUT2D eigenvalue weighted by Crippen LogP contribution is -1.56. The molecule has 1 rings (SSSR count). The van der Waals surface area contributed by atoms with Gasteiger partial charge in [0.2, 0.25) is 0 Å². The summed E-state index contributed by atoms with van der Waals surface area (Å²) in [5.74, 6) is 0.322. The average molecular weight is 499 g/mol. The molecule has 0 saturated carbocycles. The molecular weight excluding hydrogens is 488 g/mol. The van der Waals surface area contributed by atoms with Crippen molar-refractivity contribution in [3.05, 3.63) is 30.3 Å². The van der Waals surface area contributed by atoms with E-state index in [1.165, 1.54) is 0 Å². The first kappa shape index (κ1) is 29.2. The van der Waals surface area contributed by atoms with Crippen molar-refractivity contribution in [2.24, 2.45) is 0 Å². The number of aromatic hydroxyl groups is 1. The fourth-order valence-electron chi connectivity index (χ4n) is 0.428. The van der Waals surface area contributed by atoms with E-state index in [1.54, 1.807) is 24.3 Å². The molecule has 0 unspecified atom stereocenters. The summed E-state index contributed by atoms with van der Waals surface area (Å²) in [4.78, 5) is 0. The molecule has 0 aliphatic heterocycles. The molecule has 12 heavy (non-hydrogen) atoms. The molecule has 0 heterocycles. The van der Waals surface area contributed by atoms with Crippen molar-refractivity contribution < 1.29 is 5.11 Å². The Kier molecular flexibility index (Phi) is 44.4. The molecule has 0 radical (unpaired) electrons. The van der Waals surface area contributed by atoms with Crippen LogP contribution in [-0.2, 0) is 0 Å². The largest absolute Gasteiger partial charge is 0.508 e. The van der Waals surface area contributed by atoms with Crippen LogP contribution in [-0.4, -0.2) is 5.11 Å². The van der Waals surface area contributed by atoms with Gasteiger partial charge in [-0.15, -0.1) is 84.9 Å². The molecule has 6 heteroatoms. The second kappa shape index (κ2) is 18.3. The molecule has 0 aromatic heterocycles. The van der Waals surface area contributed by atoms with Crippen molar-refractivity contribution in [1.29, 1.82) is 0 Å². The summed E-state index contributed by atoms with van der Waals surface area (Å²) >= 11 is 0. The van der Waals surface area contributed by atoms with Gasteiger partial charge in [0, 0.05) is 0 Å². The van der Waals surface area contributed by atoms with Crippen LogP contribution in [0.3, 0.4) is 0 Å². The number of rotatable bonds is 0. The summed E-state index contributed by atoms with van der Waals surface area (Å²) < 4.78 is 0. The van der Waals surface area contributed by atoms with Gasteiger partial charge in [0.25, 0.3) is 0 Å². The van der Waals surface area contributed by atoms with Crippen LogP contribution in [0.5, 0.6) is 5.75 Å². The van der Waals surface area contributed by atoms with Gasteiger partial charge in [-0.05, 0) is 12.1 Å². The van der Waals surface area contributed by atoms with Gasteiger partial charge < -0.3 is 5.11 Å². The van der Waals surface area contributed by atoms with E-state index < -0.39 is 0 Å². The van der Waals surface area contributed by atoms with Crippen molar-refractivity contribution >= 4 is 84.9 Å². The molecule has 76 valence electrons. The molecule has 0 atom stereocenters. The lowest BCUT2D eigenvalue weighted by atomic mass is 10.3. The molecule has 1 N–H and O–H groups in total. The predicted octanol–water partition coefficient (Wildman–Crippen LogP) is 4.28. The van der Waals surface area contributed by atoms with E-state index >= 15 is 0 Å². The highest BCUT2D eigenvalue weighted by Gasteiger charge is 1.74. The van der Waals surface area contributed by atoms with E-state index in [2.05, 4.69) is 0 Å². The van der Waals surface area contributed by atoms with Gasteiger partial charge in [0.15, 0.2) is 0 Å². The summed E-state index contributed by atoms with van der Waals surface area (Å²) in [6, 6.07) is 8.71. The summed E-state index contributed by atoms with van der Waals surface area (Å²) in [5, 5.41) is 8.63. The molecule has 1 aromatic carbocycles. The molecular formula is C6H11Br5O. The first-order valence-electron chi connectivity index (χ1n) is 2.13. The lowest BCUT2D eigenvalue weighted by molar-refractivity contribution is 0.475. The highest BCUT2D eigenvalue weighted by atomic mass is 79.9. The highest BCUT2D eigenvalue weighted by Crippen LogP contribution is 2.02. The molecule has 0 aliphatic rings. The van der Waals surface area contributed by atoms with Gasteiger partial charge in [-0.1, -0.05) is 18.2 Å². The summed E-state index contributed by atoms with van der Waals surface area (Å²) in [6.45, 7) is 0. The van der Waals surface area contributed by atoms with Gasteiger partial charge in [-0.2, -0.15) is 0 Å². The Bertz CT molecular complexity index is 146. The molecule has 0 saturated heterocycles. The first-order chi connectivity index (χ1) is 3.39. The average Bonchev–Trinajstić information content (AvgIpc) is 1.69. The van der Waals surface area contributed by atoms with Gasteiger partial charge in [-0.3, -0.25) is 0 Å². The standard InChI is InChI=1S/C6H6O.5BrH/c7-6-4-2-1-3-5-6;;;;;/h1-5,7H;5*1H. The van der Waals surface area contributed by atoms with E-state index in [0.29, 0.717) is 5.75 Å². The summed E-state index contributed by atoms with van der Waals surface area (Å²) in [6.07, 6.45) is 0. The molecule has 0 spiro atoms. The van der Waals surface area contributed by atoms with Crippen LogP contribution in [0.25, 0.3) is 0 Å². The Balaban J connectivity index is -0.0000000327. The fourth-order valence-corrected chi connectivity index (χ4v) is 0.428. The number of benzene rings is 1. The van der Waals surface area contributed by atoms with Crippen molar-refractivity contribution in [2.45, 2.75) is 0 Å². The lowest BCUT2D eigenvalue weighted by Gasteiger charge is -1.82. The number of phenols is 1. The number of halogens is 5. The highest BCUT2D eigenvalue weighted by molar-refractivity contribution is 8.93. The second-order valence-electron chi connectivity index (χ2n) is 1.34. The second-order valence-corrected chi connectivity index (χ2v) is 1.34. The summed E-state index contributed by atoms with van der Waals surface area (Å²) in [7, 11) is 0. The number of phenolic OH excluding ortho intramolecular Hbond substituents is 1. The van der Waals surface area contributed by atoms with Crippen LogP contribution in [0.2, 0.25) is 0 Å². The van der Waals surface area contributed by atoms with Crippen LogP contribution in [0, 0.1) is 0 Å². The summed E-state index contributed by atoms with van der Waals surface area (Å²) in [5.41, 5.74) is 0. The van der Waals surface area contributed by atoms with Crippen LogP contribution in [0.4, 0.5) is 0 Å². The fraction of sp³-hybridized carbons (Fsp3) is 0. The molecule has 1 aromatic rings. The molecule has 0 fully saturated rings. The van der Waals surface area contributed by atoms with Crippen molar-refractivity contribution in [2.75, 3.05) is 0 Å².